The van der Waals surface area contributed by atoms with Crippen molar-refractivity contribution in [2.75, 3.05) is 13.2 Å². The van der Waals surface area contributed by atoms with Crippen molar-refractivity contribution in [3.05, 3.63) is 0 Å². The zero-order valence-electron chi connectivity index (χ0n) is 8.41. The van der Waals surface area contributed by atoms with Crippen molar-refractivity contribution in [1.82, 2.24) is 0 Å². The molecule has 0 N–H and O–H groups in total. The monoisotopic (exact) mass is 186 g/mol. The van der Waals surface area contributed by atoms with Crippen LogP contribution in [0.1, 0.15) is 33.1 Å². The highest BCUT2D eigenvalue weighted by atomic mass is 16.5. The molecule has 2 atom stereocenters. The number of hydrogen-bond acceptors (Lipinski definition) is 3. The molecule has 3 heteroatoms. The highest BCUT2D eigenvalue weighted by Crippen LogP contribution is 2.34. The first-order valence-electron chi connectivity index (χ1n) is 5.07. The fraction of sp³-hybridized carbons (Fsp3) is 0.900. The average Bonchev–Trinajstić information content (AvgIpc) is 2.85. The highest BCUT2D eigenvalue weighted by Gasteiger charge is 2.45. The van der Waals surface area contributed by atoms with Gasteiger partial charge in [-0.25, -0.2) is 0 Å². The van der Waals surface area contributed by atoms with E-state index < -0.39 is 0 Å². The van der Waals surface area contributed by atoms with Gasteiger partial charge in [-0.15, -0.1) is 0 Å². The second-order valence-corrected chi connectivity index (χ2v) is 3.36. The Hall–Kier alpha value is -0.570. The van der Waals surface area contributed by atoms with Crippen LogP contribution in [-0.2, 0) is 14.3 Å². The molecule has 0 bridgehead atoms. The quantitative estimate of drug-likeness (QED) is 0.468. The maximum Gasteiger partial charge on any atom is 0.311 e. The van der Waals surface area contributed by atoms with Crippen molar-refractivity contribution < 1.29 is 14.3 Å². The Kier molecular flexibility index (Phi) is 4.22. The smallest absolute Gasteiger partial charge is 0.311 e. The lowest BCUT2D eigenvalue weighted by atomic mass is 10.4. The first kappa shape index (κ1) is 10.5. The molecule has 0 saturated heterocycles. The maximum absolute atomic E-state index is 11.1. The Labute approximate surface area is 79.4 Å². The van der Waals surface area contributed by atoms with Gasteiger partial charge in [0.05, 0.1) is 18.6 Å². The topological polar surface area (TPSA) is 35.5 Å². The Balaban J connectivity index is 2.04. The lowest BCUT2D eigenvalue weighted by Gasteiger charge is -2.02. The lowest BCUT2D eigenvalue weighted by Crippen LogP contribution is -2.10. The van der Waals surface area contributed by atoms with Crippen LogP contribution < -0.4 is 0 Å². The van der Waals surface area contributed by atoms with Crippen LogP contribution in [0.3, 0.4) is 0 Å². The number of carbonyl (C=O) groups is 1. The molecule has 0 heterocycles. The minimum absolute atomic E-state index is 0.0248. The summed E-state index contributed by atoms with van der Waals surface area (Å²) in [6, 6.07) is 0. The molecule has 1 aliphatic carbocycles. The molecule has 0 aromatic heterocycles. The molecule has 0 unspecified atom stereocenters. The Morgan fingerprint density at radius 2 is 2.23 bits per heavy atom. The Morgan fingerprint density at radius 1 is 1.46 bits per heavy atom. The van der Waals surface area contributed by atoms with E-state index in [-0.39, 0.29) is 18.0 Å². The molecule has 1 saturated carbocycles. The second kappa shape index (κ2) is 5.22. The van der Waals surface area contributed by atoms with Gasteiger partial charge in [0.15, 0.2) is 0 Å². The first-order chi connectivity index (χ1) is 6.29. The predicted molar refractivity (Wildman–Crippen MR) is 49.4 cm³/mol. The average molecular weight is 186 g/mol. The molecule has 76 valence electrons. The third-order valence-corrected chi connectivity index (χ3v) is 2.15. The molecule has 3 nitrogen and oxygen atoms in total. The van der Waals surface area contributed by atoms with Crippen molar-refractivity contribution in [1.29, 1.82) is 0 Å². The number of carbonyl (C=O) groups excluding carboxylic acids is 1. The molecular weight excluding hydrogens is 168 g/mol. The van der Waals surface area contributed by atoms with Gasteiger partial charge in [-0.2, -0.15) is 0 Å². The van der Waals surface area contributed by atoms with E-state index in [1.807, 2.05) is 6.92 Å². The normalized spacial score (nSPS) is 25.7. The van der Waals surface area contributed by atoms with E-state index in [4.69, 9.17) is 9.47 Å². The summed E-state index contributed by atoms with van der Waals surface area (Å²) < 4.78 is 10.4. The zero-order chi connectivity index (χ0) is 9.68. The number of rotatable bonds is 6. The molecule has 0 aromatic carbocycles. The number of hydrogen-bond donors (Lipinski definition) is 0. The van der Waals surface area contributed by atoms with Crippen LogP contribution in [0.25, 0.3) is 0 Å². The fourth-order valence-corrected chi connectivity index (χ4v) is 1.23. The predicted octanol–water partition coefficient (Wildman–Crippen LogP) is 1.75. The lowest BCUT2D eigenvalue weighted by molar-refractivity contribution is -0.145. The molecule has 1 rings (SSSR count). The van der Waals surface area contributed by atoms with Crippen molar-refractivity contribution >= 4 is 5.97 Å². The van der Waals surface area contributed by atoms with E-state index in [1.54, 1.807) is 0 Å². The molecule has 0 aromatic rings. The van der Waals surface area contributed by atoms with Gasteiger partial charge in [0.1, 0.15) is 0 Å². The number of unbranched alkanes of at least 4 members (excludes halogenated alkanes) is 1. The summed E-state index contributed by atoms with van der Waals surface area (Å²) in [6.45, 7) is 5.19. The van der Waals surface area contributed by atoms with Gasteiger partial charge in [0.25, 0.3) is 0 Å². The van der Waals surface area contributed by atoms with Gasteiger partial charge in [-0.05, 0) is 19.8 Å². The van der Waals surface area contributed by atoms with E-state index in [1.165, 1.54) is 0 Å². The van der Waals surface area contributed by atoms with Crippen LogP contribution in [0.2, 0.25) is 0 Å². The summed E-state index contributed by atoms with van der Waals surface area (Å²) in [5.41, 5.74) is 0. The Morgan fingerprint density at radius 3 is 2.85 bits per heavy atom. The standard InChI is InChI=1S/C10H18O3/c1-3-5-6-13-9-7-8(9)10(11)12-4-2/h8-9H,3-7H2,1-2H3/t8-,9-/m0/s1. The van der Waals surface area contributed by atoms with Crippen LogP contribution in [0.15, 0.2) is 0 Å². The van der Waals surface area contributed by atoms with Crippen LogP contribution >= 0.6 is 0 Å². The maximum atomic E-state index is 11.1. The van der Waals surface area contributed by atoms with E-state index in [2.05, 4.69) is 6.92 Å². The van der Waals surface area contributed by atoms with E-state index in [9.17, 15) is 4.79 Å². The van der Waals surface area contributed by atoms with E-state index >= 15 is 0 Å². The summed E-state index contributed by atoms with van der Waals surface area (Å²) >= 11 is 0. The number of esters is 1. The first-order valence-corrected chi connectivity index (χ1v) is 5.07. The summed E-state index contributed by atoms with van der Waals surface area (Å²) in [7, 11) is 0. The van der Waals surface area contributed by atoms with Crippen molar-refractivity contribution in [2.24, 2.45) is 5.92 Å². The summed E-state index contributed by atoms with van der Waals surface area (Å²) in [5.74, 6) is -0.0687. The molecule has 1 fully saturated rings. The van der Waals surface area contributed by atoms with Gasteiger partial charge in [0.2, 0.25) is 0 Å². The molecular formula is C10H18O3. The number of ether oxygens (including phenoxy) is 2. The third kappa shape index (κ3) is 3.35. The minimum Gasteiger partial charge on any atom is -0.466 e. The van der Waals surface area contributed by atoms with Gasteiger partial charge in [-0.1, -0.05) is 13.3 Å². The van der Waals surface area contributed by atoms with Crippen molar-refractivity contribution in [3.63, 3.8) is 0 Å². The van der Waals surface area contributed by atoms with E-state index in [0.717, 1.165) is 25.9 Å². The minimum atomic E-state index is -0.0935. The zero-order valence-corrected chi connectivity index (χ0v) is 8.41. The Bertz CT molecular complexity index is 168. The van der Waals surface area contributed by atoms with Gasteiger partial charge < -0.3 is 9.47 Å². The largest absolute Gasteiger partial charge is 0.466 e. The summed E-state index contributed by atoms with van der Waals surface area (Å²) in [6.07, 6.45) is 3.20. The van der Waals surface area contributed by atoms with Crippen molar-refractivity contribution in [2.45, 2.75) is 39.2 Å². The van der Waals surface area contributed by atoms with Gasteiger partial charge >= 0.3 is 5.97 Å². The molecule has 0 aliphatic heterocycles. The van der Waals surface area contributed by atoms with Crippen LogP contribution in [0, 0.1) is 5.92 Å². The summed E-state index contributed by atoms with van der Waals surface area (Å²) in [5, 5.41) is 0. The molecule has 0 radical (unpaired) electrons. The second-order valence-electron chi connectivity index (χ2n) is 3.36. The molecule has 0 spiro atoms. The SMILES string of the molecule is CCCCO[C@H]1C[C@@H]1C(=O)OCC. The fourth-order valence-electron chi connectivity index (χ4n) is 1.23. The summed E-state index contributed by atoms with van der Waals surface area (Å²) in [4.78, 5) is 11.1. The van der Waals surface area contributed by atoms with E-state index in [0.29, 0.717) is 6.61 Å². The van der Waals surface area contributed by atoms with Crippen molar-refractivity contribution in [3.8, 4) is 0 Å². The third-order valence-electron chi connectivity index (χ3n) is 2.15. The van der Waals surface area contributed by atoms with Crippen LogP contribution in [0.4, 0.5) is 0 Å². The molecule has 13 heavy (non-hydrogen) atoms. The van der Waals surface area contributed by atoms with Crippen LogP contribution in [-0.4, -0.2) is 25.3 Å². The van der Waals surface area contributed by atoms with Gasteiger partial charge in [0, 0.05) is 6.61 Å². The highest BCUT2D eigenvalue weighted by molar-refractivity contribution is 5.76. The molecule has 1 aliphatic rings. The van der Waals surface area contributed by atoms with Crippen LogP contribution in [0.5, 0.6) is 0 Å². The van der Waals surface area contributed by atoms with Gasteiger partial charge in [-0.3, -0.25) is 4.79 Å². The molecule has 0 amide bonds.